The summed E-state index contributed by atoms with van der Waals surface area (Å²) in [4.78, 5) is 28.8. The molecule has 1 N–H and O–H groups in total. The lowest BCUT2D eigenvalue weighted by molar-refractivity contribution is 0.101. The number of nitrogens with one attached hydrogen (secondary N) is 1. The quantitative estimate of drug-likeness (QED) is 0.799. The summed E-state index contributed by atoms with van der Waals surface area (Å²) in [7, 11) is 0. The molecule has 86 valence electrons. The van der Waals surface area contributed by atoms with Crippen molar-refractivity contribution in [1.29, 1.82) is 0 Å². The number of aromatic nitrogens is 2. The molecule has 0 amide bonds. The van der Waals surface area contributed by atoms with Gasteiger partial charge < -0.3 is 4.98 Å². The SMILES string of the molecule is CC(=O)c1ccc(-c2cc(C)[nH]c(=O)n2)cc1. The van der Waals surface area contributed by atoms with E-state index in [-0.39, 0.29) is 11.5 Å². The summed E-state index contributed by atoms with van der Waals surface area (Å²) < 4.78 is 0. The molecule has 2 rings (SSSR count). The number of H-pyrrole nitrogens is 1. The lowest BCUT2D eigenvalue weighted by Gasteiger charge is -2.02. The lowest BCUT2D eigenvalue weighted by Crippen LogP contribution is -2.11. The van der Waals surface area contributed by atoms with Gasteiger partial charge in [0.25, 0.3) is 0 Å². The predicted octanol–water partition coefficient (Wildman–Crippen LogP) is 1.95. The van der Waals surface area contributed by atoms with Crippen LogP contribution < -0.4 is 5.69 Å². The van der Waals surface area contributed by atoms with Crippen LogP contribution in [-0.4, -0.2) is 15.8 Å². The fourth-order valence-electron chi connectivity index (χ4n) is 1.60. The van der Waals surface area contributed by atoms with Gasteiger partial charge in [0, 0.05) is 16.8 Å². The van der Waals surface area contributed by atoms with Crippen LogP contribution in [0.3, 0.4) is 0 Å². The number of benzene rings is 1. The summed E-state index contributed by atoms with van der Waals surface area (Å²) >= 11 is 0. The first kappa shape index (κ1) is 11.3. The number of Topliss-reactive ketones (excluding diaryl/α,β-unsaturated/α-hetero) is 1. The number of rotatable bonds is 2. The van der Waals surface area contributed by atoms with E-state index in [0.29, 0.717) is 11.3 Å². The van der Waals surface area contributed by atoms with Crippen molar-refractivity contribution < 1.29 is 4.79 Å². The smallest absolute Gasteiger partial charge is 0.310 e. The van der Waals surface area contributed by atoms with Crippen LogP contribution in [0.15, 0.2) is 35.1 Å². The molecule has 0 aliphatic rings. The maximum Gasteiger partial charge on any atom is 0.345 e. The first-order valence-electron chi connectivity index (χ1n) is 5.25. The van der Waals surface area contributed by atoms with Gasteiger partial charge in [-0.05, 0) is 19.9 Å². The zero-order valence-electron chi connectivity index (χ0n) is 9.65. The van der Waals surface area contributed by atoms with Crippen LogP contribution in [0.2, 0.25) is 0 Å². The van der Waals surface area contributed by atoms with Gasteiger partial charge >= 0.3 is 5.69 Å². The Labute approximate surface area is 98.3 Å². The minimum Gasteiger partial charge on any atom is -0.310 e. The van der Waals surface area contributed by atoms with Crippen LogP contribution in [-0.2, 0) is 0 Å². The molecule has 0 saturated heterocycles. The number of hydrogen-bond donors (Lipinski definition) is 1. The number of carbonyl (C=O) groups is 1. The number of carbonyl (C=O) groups excluding carboxylic acids is 1. The van der Waals surface area contributed by atoms with Gasteiger partial charge in [-0.25, -0.2) is 4.79 Å². The molecule has 0 fully saturated rings. The molecule has 1 heterocycles. The van der Waals surface area contributed by atoms with Gasteiger partial charge in [-0.15, -0.1) is 0 Å². The van der Waals surface area contributed by atoms with Crippen LogP contribution in [0, 0.1) is 6.92 Å². The second-order valence-electron chi connectivity index (χ2n) is 3.89. The number of nitrogens with zero attached hydrogens (tertiary/aromatic N) is 1. The molecular weight excluding hydrogens is 216 g/mol. The zero-order valence-corrected chi connectivity index (χ0v) is 9.65. The fraction of sp³-hybridized carbons (Fsp3) is 0.154. The fourth-order valence-corrected chi connectivity index (χ4v) is 1.60. The van der Waals surface area contributed by atoms with E-state index in [1.165, 1.54) is 6.92 Å². The molecule has 4 heteroatoms. The third kappa shape index (κ3) is 2.47. The highest BCUT2D eigenvalue weighted by molar-refractivity contribution is 5.94. The minimum atomic E-state index is -0.365. The molecule has 0 spiro atoms. The van der Waals surface area contributed by atoms with Gasteiger partial charge in [0.2, 0.25) is 0 Å². The average molecular weight is 228 g/mol. The Bertz CT molecular complexity index is 612. The van der Waals surface area contributed by atoms with Crippen molar-refractivity contribution in [1.82, 2.24) is 9.97 Å². The van der Waals surface area contributed by atoms with Crippen molar-refractivity contribution in [2.45, 2.75) is 13.8 Å². The lowest BCUT2D eigenvalue weighted by atomic mass is 10.1. The van der Waals surface area contributed by atoms with Crippen LogP contribution in [0.4, 0.5) is 0 Å². The number of aromatic amines is 1. The van der Waals surface area contributed by atoms with E-state index in [4.69, 9.17) is 0 Å². The van der Waals surface area contributed by atoms with Gasteiger partial charge in [0.15, 0.2) is 5.78 Å². The van der Waals surface area contributed by atoms with Crippen molar-refractivity contribution in [3.8, 4) is 11.3 Å². The van der Waals surface area contributed by atoms with Gasteiger partial charge in [-0.1, -0.05) is 24.3 Å². The van der Waals surface area contributed by atoms with E-state index in [9.17, 15) is 9.59 Å². The van der Waals surface area contributed by atoms with Gasteiger partial charge in [0.05, 0.1) is 5.69 Å². The highest BCUT2D eigenvalue weighted by atomic mass is 16.1. The first-order chi connectivity index (χ1) is 8.06. The molecular formula is C13H12N2O2. The molecule has 0 radical (unpaired) electrons. The van der Waals surface area contributed by atoms with Gasteiger partial charge in [-0.2, -0.15) is 4.98 Å². The van der Waals surface area contributed by atoms with E-state index < -0.39 is 0 Å². The molecule has 2 aromatic rings. The number of hydrogen-bond acceptors (Lipinski definition) is 3. The first-order valence-corrected chi connectivity index (χ1v) is 5.25. The Hall–Kier alpha value is -2.23. The highest BCUT2D eigenvalue weighted by Crippen LogP contribution is 2.16. The van der Waals surface area contributed by atoms with Crippen LogP contribution in [0.1, 0.15) is 23.0 Å². The molecule has 0 saturated carbocycles. The zero-order chi connectivity index (χ0) is 12.4. The molecule has 1 aromatic carbocycles. The maximum atomic E-state index is 11.2. The topological polar surface area (TPSA) is 62.8 Å². The minimum absolute atomic E-state index is 0.0200. The molecule has 0 atom stereocenters. The third-order valence-corrected chi connectivity index (χ3v) is 2.47. The van der Waals surface area contributed by atoms with Crippen LogP contribution >= 0.6 is 0 Å². The standard InChI is InChI=1S/C13H12N2O2/c1-8-7-12(15-13(17)14-8)11-5-3-10(4-6-11)9(2)16/h3-7H,1-2H3,(H,14,15,17). The van der Waals surface area contributed by atoms with Crippen molar-refractivity contribution in [3.63, 3.8) is 0 Å². The number of ketones is 1. The molecule has 0 aliphatic heterocycles. The summed E-state index contributed by atoms with van der Waals surface area (Å²) in [6.07, 6.45) is 0. The molecule has 1 aromatic heterocycles. The van der Waals surface area contributed by atoms with Crippen LogP contribution in [0.25, 0.3) is 11.3 Å². The van der Waals surface area contributed by atoms with E-state index in [2.05, 4.69) is 9.97 Å². The van der Waals surface area contributed by atoms with Crippen molar-refractivity contribution >= 4 is 5.78 Å². The summed E-state index contributed by atoms with van der Waals surface area (Å²) in [6, 6.07) is 8.84. The largest absolute Gasteiger partial charge is 0.345 e. The monoisotopic (exact) mass is 228 g/mol. The molecule has 0 bridgehead atoms. The second-order valence-corrected chi connectivity index (χ2v) is 3.89. The molecule has 0 unspecified atom stereocenters. The summed E-state index contributed by atoms with van der Waals surface area (Å²) in [5.41, 5.74) is 2.48. The Morgan fingerprint density at radius 2 is 1.88 bits per heavy atom. The molecule has 17 heavy (non-hydrogen) atoms. The molecule has 4 nitrogen and oxygen atoms in total. The van der Waals surface area contributed by atoms with Gasteiger partial charge in [-0.3, -0.25) is 4.79 Å². The normalized spacial score (nSPS) is 10.2. The summed E-state index contributed by atoms with van der Waals surface area (Å²) in [5.74, 6) is 0.0200. The Balaban J connectivity index is 2.46. The van der Waals surface area contributed by atoms with Crippen molar-refractivity contribution in [2.75, 3.05) is 0 Å². The van der Waals surface area contributed by atoms with E-state index in [1.54, 1.807) is 37.3 Å². The van der Waals surface area contributed by atoms with E-state index >= 15 is 0 Å². The van der Waals surface area contributed by atoms with Crippen molar-refractivity contribution in [2.24, 2.45) is 0 Å². The second kappa shape index (κ2) is 4.33. The Kier molecular flexibility index (Phi) is 2.87. The van der Waals surface area contributed by atoms with Crippen LogP contribution in [0.5, 0.6) is 0 Å². The highest BCUT2D eigenvalue weighted by Gasteiger charge is 2.03. The van der Waals surface area contributed by atoms with Gasteiger partial charge in [0.1, 0.15) is 0 Å². The average Bonchev–Trinajstić information content (AvgIpc) is 2.28. The predicted molar refractivity (Wildman–Crippen MR) is 65.0 cm³/mol. The maximum absolute atomic E-state index is 11.2. The summed E-state index contributed by atoms with van der Waals surface area (Å²) in [5, 5.41) is 0. The van der Waals surface area contributed by atoms with E-state index in [1.807, 2.05) is 0 Å². The van der Waals surface area contributed by atoms with E-state index in [0.717, 1.165) is 11.3 Å². The third-order valence-electron chi connectivity index (χ3n) is 2.47. The Morgan fingerprint density at radius 1 is 1.24 bits per heavy atom. The number of aryl methyl sites for hydroxylation is 1. The molecule has 0 aliphatic carbocycles. The van der Waals surface area contributed by atoms with Crippen molar-refractivity contribution in [3.05, 3.63) is 52.1 Å². The Morgan fingerprint density at radius 3 is 2.41 bits per heavy atom. The summed E-state index contributed by atoms with van der Waals surface area (Å²) in [6.45, 7) is 3.32.